The number of aryl methyl sites for hydroxylation is 2. The van der Waals surface area contributed by atoms with Crippen LogP contribution in [0.2, 0.25) is 5.02 Å². The van der Waals surface area contributed by atoms with Gasteiger partial charge in [-0.05, 0) is 55.3 Å². The van der Waals surface area contributed by atoms with Gasteiger partial charge in [-0.3, -0.25) is 0 Å². The number of nitrogens with zero attached hydrogens (tertiary/aromatic N) is 2. The van der Waals surface area contributed by atoms with E-state index in [1.165, 1.54) is 11.1 Å². The smallest absolute Gasteiger partial charge is 0.258 e. The number of aromatic nitrogens is 2. The molecule has 0 aliphatic heterocycles. The predicted octanol–water partition coefficient (Wildman–Crippen LogP) is 4.68. The van der Waals surface area contributed by atoms with Gasteiger partial charge in [0.05, 0.1) is 12.7 Å². The first-order valence-electron chi connectivity index (χ1n) is 6.83. The van der Waals surface area contributed by atoms with Crippen LogP contribution in [-0.4, -0.2) is 17.3 Å². The Morgan fingerprint density at radius 1 is 1.05 bits per heavy atom. The molecule has 1 aromatic heterocycles. The van der Waals surface area contributed by atoms with Gasteiger partial charge in [0.25, 0.3) is 5.89 Å². The summed E-state index contributed by atoms with van der Waals surface area (Å²) in [4.78, 5) is 4.45. The van der Waals surface area contributed by atoms with Gasteiger partial charge in [0.15, 0.2) is 0 Å². The molecule has 1 heterocycles. The van der Waals surface area contributed by atoms with Crippen molar-refractivity contribution in [1.82, 2.24) is 10.1 Å². The highest BCUT2D eigenvalue weighted by Gasteiger charge is 2.15. The summed E-state index contributed by atoms with van der Waals surface area (Å²) in [6.45, 7) is 4.12. The minimum atomic E-state index is 0.451. The van der Waals surface area contributed by atoms with Gasteiger partial charge in [0, 0.05) is 10.6 Å². The third kappa shape index (κ3) is 2.70. The van der Waals surface area contributed by atoms with E-state index in [1.807, 2.05) is 18.2 Å². The summed E-state index contributed by atoms with van der Waals surface area (Å²) < 4.78 is 10.7. The number of hydrogen-bond donors (Lipinski definition) is 0. The van der Waals surface area contributed by atoms with Crippen molar-refractivity contribution in [2.75, 3.05) is 7.11 Å². The second-order valence-electron chi connectivity index (χ2n) is 5.07. The molecule has 0 saturated heterocycles. The van der Waals surface area contributed by atoms with E-state index in [0.29, 0.717) is 28.1 Å². The van der Waals surface area contributed by atoms with E-state index < -0.39 is 0 Å². The van der Waals surface area contributed by atoms with Gasteiger partial charge in [-0.1, -0.05) is 22.8 Å². The molecular weight excluding hydrogens is 300 g/mol. The van der Waals surface area contributed by atoms with Gasteiger partial charge in [0.2, 0.25) is 5.82 Å². The first kappa shape index (κ1) is 14.6. The lowest BCUT2D eigenvalue weighted by molar-refractivity contribution is 0.413. The van der Waals surface area contributed by atoms with E-state index in [4.69, 9.17) is 20.9 Å². The highest BCUT2D eigenvalue weighted by molar-refractivity contribution is 6.30. The summed E-state index contributed by atoms with van der Waals surface area (Å²) in [5, 5.41) is 4.63. The first-order valence-corrected chi connectivity index (χ1v) is 7.21. The van der Waals surface area contributed by atoms with Gasteiger partial charge in [-0.15, -0.1) is 0 Å². The topological polar surface area (TPSA) is 48.2 Å². The third-order valence-corrected chi connectivity index (χ3v) is 3.82. The summed E-state index contributed by atoms with van der Waals surface area (Å²) in [7, 11) is 1.59. The molecule has 0 saturated carbocycles. The van der Waals surface area contributed by atoms with Gasteiger partial charge >= 0.3 is 0 Å². The Morgan fingerprint density at radius 3 is 2.59 bits per heavy atom. The number of methoxy groups -OCH3 is 1. The van der Waals surface area contributed by atoms with Crippen LogP contribution in [-0.2, 0) is 0 Å². The molecule has 0 aliphatic rings. The molecular formula is C17H15ClN2O2. The Kier molecular flexibility index (Phi) is 3.86. The van der Waals surface area contributed by atoms with Crippen LogP contribution in [0.3, 0.4) is 0 Å². The Bertz CT molecular complexity index is 827. The molecule has 0 radical (unpaired) electrons. The van der Waals surface area contributed by atoms with Crippen molar-refractivity contribution >= 4 is 11.6 Å². The summed E-state index contributed by atoms with van der Waals surface area (Å²) >= 11 is 6.04. The third-order valence-electron chi connectivity index (χ3n) is 3.58. The van der Waals surface area contributed by atoms with Crippen molar-refractivity contribution in [3.05, 3.63) is 52.5 Å². The SMILES string of the molecule is COc1ccc(Cl)cc1-c1noc(-c2ccc(C)c(C)c2)n1. The molecule has 112 valence electrons. The maximum Gasteiger partial charge on any atom is 0.258 e. The average Bonchev–Trinajstić information content (AvgIpc) is 3.00. The maximum absolute atomic E-state index is 6.04. The van der Waals surface area contributed by atoms with Gasteiger partial charge in [-0.25, -0.2) is 0 Å². The van der Waals surface area contributed by atoms with Gasteiger partial charge < -0.3 is 9.26 Å². The Balaban J connectivity index is 2.04. The zero-order chi connectivity index (χ0) is 15.7. The molecule has 0 bridgehead atoms. The molecule has 0 fully saturated rings. The lowest BCUT2D eigenvalue weighted by Crippen LogP contribution is -1.89. The Hall–Kier alpha value is -2.33. The number of ether oxygens (including phenoxy) is 1. The van der Waals surface area contributed by atoms with Crippen LogP contribution in [0.15, 0.2) is 40.9 Å². The van der Waals surface area contributed by atoms with Gasteiger partial charge in [0.1, 0.15) is 5.75 Å². The molecule has 2 aromatic carbocycles. The highest BCUT2D eigenvalue weighted by atomic mass is 35.5. The fraction of sp³-hybridized carbons (Fsp3) is 0.176. The second kappa shape index (κ2) is 5.81. The van der Waals surface area contributed by atoms with Crippen molar-refractivity contribution < 1.29 is 9.26 Å². The number of benzene rings is 2. The average molecular weight is 315 g/mol. The minimum absolute atomic E-state index is 0.451. The van der Waals surface area contributed by atoms with Crippen LogP contribution in [0.5, 0.6) is 5.75 Å². The molecule has 3 rings (SSSR count). The Labute approximate surface area is 133 Å². The van der Waals surface area contributed by atoms with Crippen LogP contribution in [0.1, 0.15) is 11.1 Å². The largest absolute Gasteiger partial charge is 0.496 e. The van der Waals surface area contributed by atoms with E-state index in [0.717, 1.165) is 5.56 Å². The van der Waals surface area contributed by atoms with Crippen LogP contribution in [0.25, 0.3) is 22.8 Å². The fourth-order valence-corrected chi connectivity index (χ4v) is 2.35. The highest BCUT2D eigenvalue weighted by Crippen LogP contribution is 2.32. The maximum atomic E-state index is 6.04. The van der Waals surface area contributed by atoms with E-state index in [2.05, 4.69) is 24.0 Å². The van der Waals surface area contributed by atoms with E-state index in [-0.39, 0.29) is 0 Å². The molecule has 0 N–H and O–H groups in total. The van der Waals surface area contributed by atoms with E-state index in [9.17, 15) is 0 Å². The van der Waals surface area contributed by atoms with Crippen LogP contribution >= 0.6 is 11.6 Å². The Morgan fingerprint density at radius 2 is 1.86 bits per heavy atom. The quantitative estimate of drug-likeness (QED) is 0.704. The molecule has 0 amide bonds. The normalized spacial score (nSPS) is 10.7. The second-order valence-corrected chi connectivity index (χ2v) is 5.50. The summed E-state index contributed by atoms with van der Waals surface area (Å²) in [5.41, 5.74) is 3.99. The predicted molar refractivity (Wildman–Crippen MR) is 86.2 cm³/mol. The zero-order valence-corrected chi connectivity index (χ0v) is 13.3. The van der Waals surface area contributed by atoms with Crippen molar-refractivity contribution in [3.63, 3.8) is 0 Å². The zero-order valence-electron chi connectivity index (χ0n) is 12.6. The first-order chi connectivity index (χ1) is 10.6. The lowest BCUT2D eigenvalue weighted by atomic mass is 10.1. The molecule has 3 aromatic rings. The molecule has 5 heteroatoms. The number of halogens is 1. The van der Waals surface area contributed by atoms with Gasteiger partial charge in [-0.2, -0.15) is 4.98 Å². The number of hydrogen-bond acceptors (Lipinski definition) is 4. The molecule has 0 atom stereocenters. The van der Waals surface area contributed by atoms with E-state index in [1.54, 1.807) is 25.3 Å². The molecule has 0 spiro atoms. The van der Waals surface area contributed by atoms with Crippen molar-refractivity contribution in [3.8, 4) is 28.6 Å². The fourth-order valence-electron chi connectivity index (χ4n) is 2.18. The van der Waals surface area contributed by atoms with E-state index >= 15 is 0 Å². The molecule has 4 nitrogen and oxygen atoms in total. The molecule has 0 unspecified atom stereocenters. The standard InChI is InChI=1S/C17H15ClN2O2/c1-10-4-5-12(8-11(10)2)17-19-16(20-22-17)14-9-13(18)6-7-15(14)21-3/h4-9H,1-3H3. The van der Waals surface area contributed by atoms with Crippen LogP contribution < -0.4 is 4.74 Å². The molecule has 0 aliphatic carbocycles. The monoisotopic (exact) mass is 314 g/mol. The minimum Gasteiger partial charge on any atom is -0.496 e. The summed E-state index contributed by atoms with van der Waals surface area (Å²) in [6, 6.07) is 11.3. The molecule has 22 heavy (non-hydrogen) atoms. The summed E-state index contributed by atoms with van der Waals surface area (Å²) in [6.07, 6.45) is 0. The van der Waals surface area contributed by atoms with Crippen molar-refractivity contribution in [2.45, 2.75) is 13.8 Å². The van der Waals surface area contributed by atoms with Crippen LogP contribution in [0.4, 0.5) is 0 Å². The number of rotatable bonds is 3. The lowest BCUT2D eigenvalue weighted by Gasteiger charge is -2.04. The summed E-state index contributed by atoms with van der Waals surface area (Å²) in [5.74, 6) is 1.57. The van der Waals surface area contributed by atoms with Crippen molar-refractivity contribution in [2.24, 2.45) is 0 Å². The van der Waals surface area contributed by atoms with Crippen molar-refractivity contribution in [1.29, 1.82) is 0 Å². The van der Waals surface area contributed by atoms with Crippen LogP contribution in [0, 0.1) is 13.8 Å².